The van der Waals surface area contributed by atoms with Crippen molar-refractivity contribution in [1.29, 1.82) is 5.26 Å². The van der Waals surface area contributed by atoms with Crippen molar-refractivity contribution < 1.29 is 9.53 Å². The molecular weight excluding hydrogens is 168 g/mol. The van der Waals surface area contributed by atoms with Crippen LogP contribution in [0.25, 0.3) is 0 Å². The summed E-state index contributed by atoms with van der Waals surface area (Å²) < 4.78 is 4.61. The van der Waals surface area contributed by atoms with Gasteiger partial charge >= 0.3 is 6.09 Å². The first kappa shape index (κ1) is 9.85. The highest BCUT2D eigenvalue weighted by Gasteiger charge is 2.25. The number of nitriles is 1. The molecular formula is C9H14N2O2. The maximum Gasteiger partial charge on any atom is 0.409 e. The monoisotopic (exact) mass is 182 g/mol. The lowest BCUT2D eigenvalue weighted by Crippen LogP contribution is -2.28. The highest BCUT2D eigenvalue weighted by atomic mass is 16.5. The quantitative estimate of drug-likeness (QED) is 0.648. The summed E-state index contributed by atoms with van der Waals surface area (Å²) in [6.45, 7) is 1.51. The molecule has 1 aliphatic heterocycles. The van der Waals surface area contributed by atoms with Gasteiger partial charge in [-0.25, -0.2) is 4.79 Å². The van der Waals surface area contributed by atoms with Crippen molar-refractivity contribution in [3.8, 4) is 6.07 Å². The fourth-order valence-corrected chi connectivity index (χ4v) is 1.63. The summed E-state index contributed by atoms with van der Waals surface area (Å²) in [5.74, 6) is 0.485. The van der Waals surface area contributed by atoms with Crippen molar-refractivity contribution in [3.63, 3.8) is 0 Å². The van der Waals surface area contributed by atoms with Gasteiger partial charge in [-0.1, -0.05) is 0 Å². The molecule has 0 aliphatic carbocycles. The van der Waals surface area contributed by atoms with Gasteiger partial charge in [0.25, 0.3) is 0 Å². The van der Waals surface area contributed by atoms with Crippen LogP contribution in [0, 0.1) is 17.2 Å². The fraction of sp³-hybridized carbons (Fsp3) is 0.778. The Hall–Kier alpha value is -1.24. The minimum atomic E-state index is -0.251. The van der Waals surface area contributed by atoms with E-state index in [1.165, 1.54) is 7.11 Å². The maximum atomic E-state index is 11.1. The summed E-state index contributed by atoms with van der Waals surface area (Å²) >= 11 is 0. The number of hydrogen-bond donors (Lipinski definition) is 0. The Bertz CT molecular complexity index is 222. The molecule has 0 aromatic rings. The normalized spacial score (nSPS) is 21.2. The minimum absolute atomic E-state index is 0.251. The van der Waals surface area contributed by atoms with Gasteiger partial charge in [-0.3, -0.25) is 0 Å². The lowest BCUT2D eigenvalue weighted by atomic mass is 10.0. The predicted octanol–water partition coefficient (Wildman–Crippen LogP) is 1.38. The van der Waals surface area contributed by atoms with Crippen molar-refractivity contribution in [3.05, 3.63) is 0 Å². The molecule has 0 saturated carbocycles. The van der Waals surface area contributed by atoms with Crippen molar-refractivity contribution in [2.75, 3.05) is 20.2 Å². The number of nitrogens with zero attached hydrogens (tertiary/aromatic N) is 2. The number of ether oxygens (including phenoxy) is 1. The van der Waals surface area contributed by atoms with Crippen LogP contribution in [0.5, 0.6) is 0 Å². The third-order valence-electron chi connectivity index (χ3n) is 2.38. The van der Waals surface area contributed by atoms with E-state index in [1.807, 2.05) is 0 Å². The first-order valence-electron chi connectivity index (χ1n) is 4.47. The Balaban J connectivity index is 2.28. The van der Waals surface area contributed by atoms with Crippen LogP contribution in [0.15, 0.2) is 0 Å². The molecule has 1 heterocycles. The van der Waals surface area contributed by atoms with Gasteiger partial charge in [-0.05, 0) is 18.8 Å². The standard InChI is InChI=1S/C9H14N2O2/c1-13-9(12)11-6-4-8(7-11)3-2-5-10/h8H,2-4,6-7H2,1H3. The van der Waals surface area contributed by atoms with E-state index in [9.17, 15) is 4.79 Å². The van der Waals surface area contributed by atoms with E-state index in [0.29, 0.717) is 12.3 Å². The Kier molecular flexibility index (Phi) is 3.56. The van der Waals surface area contributed by atoms with Gasteiger partial charge in [-0.15, -0.1) is 0 Å². The Labute approximate surface area is 78.1 Å². The summed E-state index contributed by atoms with van der Waals surface area (Å²) in [7, 11) is 1.39. The van der Waals surface area contributed by atoms with Crippen LogP contribution in [0.2, 0.25) is 0 Å². The molecule has 0 bridgehead atoms. The molecule has 0 N–H and O–H groups in total. The van der Waals surface area contributed by atoms with Crippen molar-refractivity contribution in [2.45, 2.75) is 19.3 Å². The summed E-state index contributed by atoms with van der Waals surface area (Å²) in [5.41, 5.74) is 0. The van der Waals surface area contributed by atoms with Crippen LogP contribution in [0.3, 0.4) is 0 Å². The molecule has 0 spiro atoms. The van der Waals surface area contributed by atoms with Crippen LogP contribution in [0.4, 0.5) is 4.79 Å². The van der Waals surface area contributed by atoms with Crippen molar-refractivity contribution in [1.82, 2.24) is 4.90 Å². The first-order chi connectivity index (χ1) is 6.27. The average molecular weight is 182 g/mol. The molecule has 1 saturated heterocycles. The van der Waals surface area contributed by atoms with Crippen LogP contribution >= 0.6 is 0 Å². The molecule has 1 fully saturated rings. The van der Waals surface area contributed by atoms with E-state index in [2.05, 4.69) is 10.8 Å². The van der Waals surface area contributed by atoms with E-state index in [1.54, 1.807) is 4.90 Å². The molecule has 13 heavy (non-hydrogen) atoms. The topological polar surface area (TPSA) is 53.3 Å². The van der Waals surface area contributed by atoms with Crippen LogP contribution < -0.4 is 0 Å². The zero-order chi connectivity index (χ0) is 9.68. The molecule has 1 atom stereocenters. The zero-order valence-corrected chi connectivity index (χ0v) is 7.82. The van der Waals surface area contributed by atoms with Gasteiger partial charge in [0.05, 0.1) is 13.2 Å². The van der Waals surface area contributed by atoms with Gasteiger partial charge in [0, 0.05) is 19.5 Å². The molecule has 1 rings (SSSR count). The third-order valence-corrected chi connectivity index (χ3v) is 2.38. The Morgan fingerprint density at radius 3 is 3.15 bits per heavy atom. The molecule has 1 aliphatic rings. The van der Waals surface area contributed by atoms with E-state index < -0.39 is 0 Å². The molecule has 4 heteroatoms. The number of rotatable bonds is 2. The predicted molar refractivity (Wildman–Crippen MR) is 46.9 cm³/mol. The second kappa shape index (κ2) is 4.70. The Morgan fingerprint density at radius 2 is 2.54 bits per heavy atom. The van der Waals surface area contributed by atoms with Crippen LogP contribution in [-0.2, 0) is 4.74 Å². The lowest BCUT2D eigenvalue weighted by Gasteiger charge is -2.13. The highest BCUT2D eigenvalue weighted by Crippen LogP contribution is 2.20. The van der Waals surface area contributed by atoms with E-state index >= 15 is 0 Å². The molecule has 4 nitrogen and oxygen atoms in total. The maximum absolute atomic E-state index is 11.1. The van der Waals surface area contributed by atoms with Crippen molar-refractivity contribution >= 4 is 6.09 Å². The number of likely N-dealkylation sites (tertiary alicyclic amines) is 1. The van der Waals surface area contributed by atoms with E-state index in [0.717, 1.165) is 25.9 Å². The van der Waals surface area contributed by atoms with Crippen LogP contribution in [-0.4, -0.2) is 31.2 Å². The number of carbonyl (C=O) groups is 1. The molecule has 0 radical (unpaired) electrons. The van der Waals surface area contributed by atoms with Crippen LogP contribution in [0.1, 0.15) is 19.3 Å². The van der Waals surface area contributed by atoms with Gasteiger partial charge in [0.15, 0.2) is 0 Å². The summed E-state index contributed by atoms with van der Waals surface area (Å²) in [6.07, 6.45) is 2.22. The number of amides is 1. The van der Waals surface area contributed by atoms with Gasteiger partial charge in [0.1, 0.15) is 0 Å². The largest absolute Gasteiger partial charge is 0.453 e. The smallest absolute Gasteiger partial charge is 0.409 e. The summed E-state index contributed by atoms with van der Waals surface area (Å²) in [6, 6.07) is 2.12. The van der Waals surface area contributed by atoms with Gasteiger partial charge in [0.2, 0.25) is 0 Å². The average Bonchev–Trinajstić information content (AvgIpc) is 2.62. The number of carbonyl (C=O) groups excluding carboxylic acids is 1. The van der Waals surface area contributed by atoms with Gasteiger partial charge < -0.3 is 9.64 Å². The molecule has 0 aromatic carbocycles. The van der Waals surface area contributed by atoms with Gasteiger partial charge in [-0.2, -0.15) is 5.26 Å². The fourth-order valence-electron chi connectivity index (χ4n) is 1.63. The second-order valence-electron chi connectivity index (χ2n) is 3.27. The molecule has 1 unspecified atom stereocenters. The molecule has 0 aromatic heterocycles. The third kappa shape index (κ3) is 2.62. The van der Waals surface area contributed by atoms with Crippen molar-refractivity contribution in [2.24, 2.45) is 5.92 Å². The molecule has 72 valence electrons. The lowest BCUT2D eigenvalue weighted by molar-refractivity contribution is 0.131. The highest BCUT2D eigenvalue weighted by molar-refractivity contribution is 5.67. The van der Waals surface area contributed by atoms with E-state index in [-0.39, 0.29) is 6.09 Å². The summed E-state index contributed by atoms with van der Waals surface area (Å²) in [5, 5.41) is 8.39. The number of hydrogen-bond acceptors (Lipinski definition) is 3. The minimum Gasteiger partial charge on any atom is -0.453 e. The number of methoxy groups -OCH3 is 1. The van der Waals surface area contributed by atoms with E-state index in [4.69, 9.17) is 5.26 Å². The second-order valence-corrected chi connectivity index (χ2v) is 3.27. The SMILES string of the molecule is COC(=O)N1CCC(CCC#N)C1. The Morgan fingerprint density at radius 1 is 1.77 bits per heavy atom. The summed E-state index contributed by atoms with van der Waals surface area (Å²) in [4.78, 5) is 12.8. The zero-order valence-electron chi connectivity index (χ0n) is 7.82. The first-order valence-corrected chi connectivity index (χ1v) is 4.47. The molecule has 1 amide bonds.